The van der Waals surface area contributed by atoms with Crippen molar-refractivity contribution in [1.29, 1.82) is 5.26 Å². The molecule has 1 atom stereocenters. The summed E-state index contributed by atoms with van der Waals surface area (Å²) in [5, 5.41) is 17.1. The molecule has 0 aliphatic rings. The number of nitrogens with zero attached hydrogens (tertiary/aromatic N) is 1. The molecular weight excluding hydrogens is 235 g/mol. The molecule has 0 heterocycles. The zero-order valence-corrected chi connectivity index (χ0v) is 8.74. The van der Waals surface area contributed by atoms with Gasteiger partial charge in [-0.15, -0.1) is 0 Å². The monoisotopic (exact) mass is 245 g/mol. The Morgan fingerprint density at radius 1 is 1.29 bits per heavy atom. The highest BCUT2D eigenvalue weighted by Gasteiger charge is 2.38. The lowest BCUT2D eigenvalue weighted by atomic mass is 10.2. The number of ether oxygens (including phenoxy) is 1. The van der Waals surface area contributed by atoms with Gasteiger partial charge in [-0.25, -0.2) is 0 Å². The van der Waals surface area contributed by atoms with E-state index in [-0.39, 0.29) is 12.2 Å². The van der Waals surface area contributed by atoms with Crippen LogP contribution in [0.2, 0.25) is 0 Å². The second kappa shape index (κ2) is 5.55. The Morgan fingerprint density at radius 3 is 2.35 bits per heavy atom. The van der Waals surface area contributed by atoms with E-state index in [9.17, 15) is 13.2 Å². The molecular formula is C11H10F3NO2. The van der Waals surface area contributed by atoms with Gasteiger partial charge in [0.05, 0.1) is 12.5 Å². The van der Waals surface area contributed by atoms with Gasteiger partial charge in [0.25, 0.3) is 0 Å². The van der Waals surface area contributed by atoms with Gasteiger partial charge < -0.3 is 9.84 Å². The quantitative estimate of drug-likeness (QED) is 0.883. The third-order valence-electron chi connectivity index (χ3n) is 1.99. The maximum absolute atomic E-state index is 12.0. The average Bonchev–Trinajstić information content (AvgIpc) is 2.27. The van der Waals surface area contributed by atoms with E-state index in [4.69, 9.17) is 15.1 Å². The second-order valence-electron chi connectivity index (χ2n) is 3.35. The maximum atomic E-state index is 12.0. The van der Waals surface area contributed by atoms with E-state index in [0.717, 1.165) is 5.56 Å². The molecule has 0 amide bonds. The molecule has 1 aromatic carbocycles. The largest absolute Gasteiger partial charge is 0.491 e. The number of benzene rings is 1. The van der Waals surface area contributed by atoms with E-state index < -0.39 is 18.9 Å². The molecule has 0 spiro atoms. The molecule has 1 unspecified atom stereocenters. The molecule has 0 saturated heterocycles. The lowest BCUT2D eigenvalue weighted by molar-refractivity contribution is -0.210. The van der Waals surface area contributed by atoms with Gasteiger partial charge in [-0.2, -0.15) is 18.4 Å². The SMILES string of the molecule is N#CCc1ccc(OCC(O)C(F)(F)F)cc1. The number of aliphatic hydroxyl groups excluding tert-OH is 1. The molecule has 0 aliphatic carbocycles. The highest BCUT2D eigenvalue weighted by atomic mass is 19.4. The molecule has 1 aromatic rings. The minimum atomic E-state index is -4.68. The number of halogens is 3. The molecule has 1 N–H and O–H groups in total. The van der Waals surface area contributed by atoms with E-state index >= 15 is 0 Å². The molecule has 0 fully saturated rings. The van der Waals surface area contributed by atoms with Crippen molar-refractivity contribution in [3.63, 3.8) is 0 Å². The number of alkyl halides is 3. The van der Waals surface area contributed by atoms with Gasteiger partial charge in [-0.3, -0.25) is 0 Å². The van der Waals surface area contributed by atoms with Crippen LogP contribution in [-0.2, 0) is 6.42 Å². The van der Waals surface area contributed by atoms with Gasteiger partial charge in [0.1, 0.15) is 12.4 Å². The molecule has 6 heteroatoms. The van der Waals surface area contributed by atoms with Gasteiger partial charge in [0.2, 0.25) is 0 Å². The summed E-state index contributed by atoms with van der Waals surface area (Å²) in [6.45, 7) is -0.846. The first-order valence-corrected chi connectivity index (χ1v) is 4.77. The van der Waals surface area contributed by atoms with Gasteiger partial charge >= 0.3 is 6.18 Å². The van der Waals surface area contributed by atoms with Crippen LogP contribution in [0.3, 0.4) is 0 Å². The number of rotatable bonds is 4. The summed E-state index contributed by atoms with van der Waals surface area (Å²) in [6, 6.07) is 8.02. The lowest BCUT2D eigenvalue weighted by Crippen LogP contribution is -2.34. The minimum absolute atomic E-state index is 0.218. The van der Waals surface area contributed by atoms with Gasteiger partial charge in [0, 0.05) is 0 Å². The fraction of sp³-hybridized carbons (Fsp3) is 0.364. The van der Waals surface area contributed by atoms with Crippen LogP contribution in [0.1, 0.15) is 5.56 Å². The van der Waals surface area contributed by atoms with Crippen LogP contribution in [0.4, 0.5) is 13.2 Å². The average molecular weight is 245 g/mol. The topological polar surface area (TPSA) is 53.2 Å². The Balaban J connectivity index is 2.51. The predicted molar refractivity (Wildman–Crippen MR) is 53.3 cm³/mol. The summed E-state index contributed by atoms with van der Waals surface area (Å²) in [5.74, 6) is 0.218. The highest BCUT2D eigenvalue weighted by molar-refractivity contribution is 5.28. The third kappa shape index (κ3) is 4.33. The van der Waals surface area contributed by atoms with Gasteiger partial charge in [-0.05, 0) is 17.7 Å². The molecule has 3 nitrogen and oxygen atoms in total. The van der Waals surface area contributed by atoms with Crippen molar-refractivity contribution in [2.75, 3.05) is 6.61 Å². The Kier molecular flexibility index (Phi) is 4.35. The van der Waals surface area contributed by atoms with Gasteiger partial charge in [0.15, 0.2) is 6.10 Å². The van der Waals surface area contributed by atoms with Crippen LogP contribution < -0.4 is 4.74 Å². The molecule has 17 heavy (non-hydrogen) atoms. The summed E-state index contributed by atoms with van der Waals surface area (Å²) >= 11 is 0. The Hall–Kier alpha value is -1.74. The Bertz CT molecular complexity index is 395. The molecule has 0 aromatic heterocycles. The number of hydrogen-bond acceptors (Lipinski definition) is 3. The van der Waals surface area contributed by atoms with Crippen LogP contribution in [0, 0.1) is 11.3 Å². The summed E-state index contributed by atoms with van der Waals surface area (Å²) in [6.07, 6.45) is -6.95. The van der Waals surface area contributed by atoms with Crippen molar-refractivity contribution in [1.82, 2.24) is 0 Å². The molecule has 0 radical (unpaired) electrons. The predicted octanol–water partition coefficient (Wildman–Crippen LogP) is 2.05. The zero-order chi connectivity index (χ0) is 12.9. The van der Waals surface area contributed by atoms with Crippen molar-refractivity contribution >= 4 is 0 Å². The van der Waals surface area contributed by atoms with Crippen molar-refractivity contribution in [3.8, 4) is 11.8 Å². The van der Waals surface area contributed by atoms with E-state index in [2.05, 4.69) is 0 Å². The van der Waals surface area contributed by atoms with Crippen molar-refractivity contribution in [2.24, 2.45) is 0 Å². The van der Waals surface area contributed by atoms with Crippen LogP contribution in [0.5, 0.6) is 5.75 Å². The first-order chi connectivity index (χ1) is 7.93. The first kappa shape index (κ1) is 13.3. The zero-order valence-electron chi connectivity index (χ0n) is 8.74. The summed E-state index contributed by atoms with van der Waals surface area (Å²) in [7, 11) is 0. The van der Waals surface area contributed by atoms with Crippen LogP contribution in [-0.4, -0.2) is 24.0 Å². The first-order valence-electron chi connectivity index (χ1n) is 4.77. The fourth-order valence-electron chi connectivity index (χ4n) is 1.06. The van der Waals surface area contributed by atoms with E-state index in [0.29, 0.717) is 0 Å². The van der Waals surface area contributed by atoms with Crippen LogP contribution >= 0.6 is 0 Å². The number of nitriles is 1. The van der Waals surface area contributed by atoms with E-state index in [1.54, 1.807) is 12.1 Å². The molecule has 0 aliphatic heterocycles. The van der Waals surface area contributed by atoms with Crippen LogP contribution in [0.15, 0.2) is 24.3 Å². The van der Waals surface area contributed by atoms with Gasteiger partial charge in [-0.1, -0.05) is 12.1 Å². The van der Waals surface area contributed by atoms with Crippen molar-refractivity contribution in [2.45, 2.75) is 18.7 Å². The number of hydrogen-bond donors (Lipinski definition) is 1. The molecule has 0 bridgehead atoms. The molecule has 92 valence electrons. The Labute approximate surface area is 96.1 Å². The maximum Gasteiger partial charge on any atom is 0.417 e. The summed E-state index contributed by atoms with van der Waals surface area (Å²) in [5.41, 5.74) is 0.746. The second-order valence-corrected chi connectivity index (χ2v) is 3.35. The highest BCUT2D eigenvalue weighted by Crippen LogP contribution is 2.21. The smallest absolute Gasteiger partial charge is 0.417 e. The Morgan fingerprint density at radius 2 is 1.88 bits per heavy atom. The normalized spacial score (nSPS) is 12.9. The van der Waals surface area contributed by atoms with Crippen LogP contribution in [0.25, 0.3) is 0 Å². The standard InChI is InChI=1S/C11H10F3NO2/c12-11(13,14)10(16)7-17-9-3-1-8(2-4-9)5-6-15/h1-4,10,16H,5,7H2. The van der Waals surface area contributed by atoms with E-state index in [1.807, 2.05) is 6.07 Å². The molecule has 0 saturated carbocycles. The lowest BCUT2D eigenvalue weighted by Gasteiger charge is -2.15. The van der Waals surface area contributed by atoms with Crippen molar-refractivity contribution in [3.05, 3.63) is 29.8 Å². The molecule has 1 rings (SSSR count). The van der Waals surface area contributed by atoms with Crippen molar-refractivity contribution < 1.29 is 23.0 Å². The fourth-order valence-corrected chi connectivity index (χ4v) is 1.06. The summed E-state index contributed by atoms with van der Waals surface area (Å²) < 4.78 is 40.6. The van der Waals surface area contributed by atoms with E-state index in [1.165, 1.54) is 12.1 Å². The number of aliphatic hydroxyl groups is 1. The summed E-state index contributed by atoms with van der Waals surface area (Å²) in [4.78, 5) is 0. The minimum Gasteiger partial charge on any atom is -0.491 e. The third-order valence-corrected chi connectivity index (χ3v) is 1.99.